The maximum atomic E-state index is 13.1. The molecule has 142 valence electrons. The Labute approximate surface area is 168 Å². The van der Waals surface area contributed by atoms with Crippen molar-refractivity contribution in [3.05, 3.63) is 102 Å². The van der Waals surface area contributed by atoms with Crippen LogP contribution in [0, 0.1) is 0 Å². The third kappa shape index (κ3) is 3.36. The first-order chi connectivity index (χ1) is 14.3. The van der Waals surface area contributed by atoms with Crippen molar-refractivity contribution in [1.29, 1.82) is 0 Å². The van der Waals surface area contributed by atoms with E-state index in [4.69, 9.17) is 0 Å². The van der Waals surface area contributed by atoms with Gasteiger partial charge in [0.2, 0.25) is 0 Å². The van der Waals surface area contributed by atoms with Gasteiger partial charge in [0.1, 0.15) is 11.9 Å². The van der Waals surface area contributed by atoms with Gasteiger partial charge in [-0.1, -0.05) is 12.1 Å². The Morgan fingerprint density at radius 2 is 2.17 bits per heavy atom. The number of carbonyl (C=O) groups excluding carboxylic acids is 1. The molecule has 3 N–H and O–H groups in total. The molecule has 0 bridgehead atoms. The van der Waals surface area contributed by atoms with Crippen LogP contribution < -0.4 is 15.6 Å². The molecule has 6 nitrogen and oxygen atoms in total. The number of rotatable bonds is 4. The lowest BCUT2D eigenvalue weighted by molar-refractivity contribution is -0.378. The molecular formula is C23H20N5O+. The van der Waals surface area contributed by atoms with Crippen molar-refractivity contribution in [1.82, 2.24) is 15.2 Å². The number of allylic oxidation sites excluding steroid dienone is 3. The highest BCUT2D eigenvalue weighted by Gasteiger charge is 2.33. The standard InChI is InChI=1S/C23H19N5O/c29-23(26-18-8-9-19-17(14-18)6-4-11-25-19)22-20-7-1-2-12-28(20)21(27-22)13-16-5-3-10-24-15-16/h1-12,14-15,21,27H,13H2,(H,26,29)/p+1. The van der Waals surface area contributed by atoms with Gasteiger partial charge in [-0.05, 0) is 42.5 Å². The number of aromatic nitrogens is 2. The number of nitrogens with one attached hydrogen (secondary N) is 3. The van der Waals surface area contributed by atoms with Gasteiger partial charge >= 0.3 is 0 Å². The van der Waals surface area contributed by atoms with Crippen LogP contribution in [0.15, 0.2) is 96.9 Å². The highest BCUT2D eigenvalue weighted by atomic mass is 16.2. The fourth-order valence-electron chi connectivity index (χ4n) is 3.71. The van der Waals surface area contributed by atoms with Gasteiger partial charge in [0.15, 0.2) is 12.4 Å². The van der Waals surface area contributed by atoms with Gasteiger partial charge in [0.05, 0.1) is 11.2 Å². The number of fused-ring (bicyclic) bond motifs is 2. The second-order valence-corrected chi connectivity index (χ2v) is 7.01. The first-order valence-corrected chi connectivity index (χ1v) is 9.53. The number of carbonyl (C=O) groups is 1. The molecule has 0 saturated carbocycles. The zero-order valence-corrected chi connectivity index (χ0v) is 15.7. The molecule has 0 spiro atoms. The lowest BCUT2D eigenvalue weighted by atomic mass is 10.1. The summed E-state index contributed by atoms with van der Waals surface area (Å²) in [6.45, 7) is 0. The highest BCUT2D eigenvalue weighted by molar-refractivity contribution is 6.05. The molecule has 4 heterocycles. The van der Waals surface area contributed by atoms with E-state index in [-0.39, 0.29) is 12.1 Å². The zero-order valence-electron chi connectivity index (χ0n) is 15.7. The molecule has 6 heteroatoms. The Balaban J connectivity index is 1.39. The Kier molecular flexibility index (Phi) is 4.29. The predicted molar refractivity (Wildman–Crippen MR) is 111 cm³/mol. The lowest BCUT2D eigenvalue weighted by Gasteiger charge is -2.25. The SMILES string of the molecule is O=C(Nc1ccc2ncccc2c1)C1=C2C=CC=CN2C(Cc2ccc[nH+]c2)N1. The average Bonchev–Trinajstić information content (AvgIpc) is 3.13. The number of benzene rings is 1. The van der Waals surface area contributed by atoms with Crippen molar-refractivity contribution in [2.75, 3.05) is 5.32 Å². The van der Waals surface area contributed by atoms with Gasteiger partial charge in [0.25, 0.3) is 5.91 Å². The number of nitrogens with zero attached hydrogens (tertiary/aromatic N) is 2. The second-order valence-electron chi connectivity index (χ2n) is 7.01. The molecule has 3 aromatic rings. The van der Waals surface area contributed by atoms with Crippen LogP contribution in [-0.2, 0) is 11.2 Å². The fraction of sp³-hybridized carbons (Fsp3) is 0.0870. The molecule has 2 aliphatic heterocycles. The molecule has 1 amide bonds. The van der Waals surface area contributed by atoms with Gasteiger partial charge in [-0.25, -0.2) is 4.98 Å². The van der Waals surface area contributed by atoms with Crippen molar-refractivity contribution >= 4 is 22.5 Å². The maximum absolute atomic E-state index is 13.1. The summed E-state index contributed by atoms with van der Waals surface area (Å²) in [5.74, 6) is -0.157. The molecule has 29 heavy (non-hydrogen) atoms. The quantitative estimate of drug-likeness (QED) is 0.728. The molecule has 0 radical (unpaired) electrons. The number of H-pyrrole nitrogens is 1. The van der Waals surface area contributed by atoms with Crippen LogP contribution in [0.2, 0.25) is 0 Å². The van der Waals surface area contributed by atoms with E-state index in [0.29, 0.717) is 5.70 Å². The largest absolute Gasteiger partial charge is 0.358 e. The Hall–Kier alpha value is -3.93. The van der Waals surface area contributed by atoms with Crippen LogP contribution >= 0.6 is 0 Å². The number of pyridine rings is 2. The van der Waals surface area contributed by atoms with Gasteiger partial charge in [-0.15, -0.1) is 0 Å². The molecule has 1 unspecified atom stereocenters. The summed E-state index contributed by atoms with van der Waals surface area (Å²) in [7, 11) is 0. The van der Waals surface area contributed by atoms with Crippen molar-refractivity contribution in [3.8, 4) is 0 Å². The van der Waals surface area contributed by atoms with E-state index in [1.807, 2.05) is 73.2 Å². The van der Waals surface area contributed by atoms with Crippen LogP contribution in [0.3, 0.4) is 0 Å². The van der Waals surface area contributed by atoms with Gasteiger partial charge in [-0.2, -0.15) is 0 Å². The van der Waals surface area contributed by atoms with Crippen LogP contribution in [0.5, 0.6) is 0 Å². The number of aromatic amines is 1. The highest BCUT2D eigenvalue weighted by Crippen LogP contribution is 2.27. The predicted octanol–water partition coefficient (Wildman–Crippen LogP) is 2.76. The monoisotopic (exact) mass is 382 g/mol. The van der Waals surface area contributed by atoms with E-state index >= 15 is 0 Å². The molecule has 1 aromatic carbocycles. The molecule has 0 fully saturated rings. The van der Waals surface area contributed by atoms with E-state index in [9.17, 15) is 4.79 Å². The number of anilines is 1. The molecule has 1 atom stereocenters. The Morgan fingerprint density at radius 3 is 3.07 bits per heavy atom. The van der Waals surface area contributed by atoms with E-state index in [0.717, 1.165) is 34.3 Å². The van der Waals surface area contributed by atoms with Crippen molar-refractivity contribution in [2.45, 2.75) is 12.6 Å². The van der Waals surface area contributed by atoms with Crippen LogP contribution in [-0.4, -0.2) is 22.0 Å². The summed E-state index contributed by atoms with van der Waals surface area (Å²) < 4.78 is 0. The van der Waals surface area contributed by atoms with Crippen LogP contribution in [0.1, 0.15) is 5.56 Å². The third-order valence-electron chi connectivity index (χ3n) is 5.08. The summed E-state index contributed by atoms with van der Waals surface area (Å²) in [5.41, 5.74) is 4.25. The Bertz CT molecular complexity index is 1170. The van der Waals surface area contributed by atoms with E-state index < -0.39 is 0 Å². The van der Waals surface area contributed by atoms with Crippen molar-refractivity contribution in [3.63, 3.8) is 0 Å². The van der Waals surface area contributed by atoms with Crippen LogP contribution in [0.4, 0.5) is 5.69 Å². The number of hydrogen-bond acceptors (Lipinski definition) is 4. The summed E-state index contributed by atoms with van der Waals surface area (Å²) in [4.78, 5) is 22.6. The Morgan fingerprint density at radius 1 is 1.21 bits per heavy atom. The first kappa shape index (κ1) is 17.2. The number of amides is 1. The van der Waals surface area contributed by atoms with E-state index in [2.05, 4.69) is 31.6 Å². The summed E-state index contributed by atoms with van der Waals surface area (Å²) >= 11 is 0. The number of hydrogen-bond donors (Lipinski definition) is 2. The molecule has 0 saturated heterocycles. The van der Waals surface area contributed by atoms with Gasteiger partial charge in [0, 0.05) is 41.5 Å². The normalized spacial score (nSPS) is 17.4. The average molecular weight is 382 g/mol. The molecule has 5 rings (SSSR count). The molecule has 2 aromatic heterocycles. The van der Waals surface area contributed by atoms with Crippen molar-refractivity contribution in [2.24, 2.45) is 0 Å². The minimum Gasteiger partial charge on any atom is -0.358 e. The minimum atomic E-state index is -0.157. The maximum Gasteiger partial charge on any atom is 0.273 e. The van der Waals surface area contributed by atoms with Crippen molar-refractivity contribution < 1.29 is 9.78 Å². The van der Waals surface area contributed by atoms with Crippen LogP contribution in [0.25, 0.3) is 10.9 Å². The summed E-state index contributed by atoms with van der Waals surface area (Å²) in [6.07, 6.45) is 14.2. The first-order valence-electron chi connectivity index (χ1n) is 9.53. The zero-order chi connectivity index (χ0) is 19.6. The minimum absolute atomic E-state index is 0.0245. The topological polar surface area (TPSA) is 71.4 Å². The molecule has 2 aliphatic rings. The van der Waals surface area contributed by atoms with Gasteiger partial charge in [-0.3, -0.25) is 9.78 Å². The smallest absolute Gasteiger partial charge is 0.273 e. The summed E-state index contributed by atoms with van der Waals surface area (Å²) in [5, 5.41) is 7.41. The summed E-state index contributed by atoms with van der Waals surface area (Å²) in [6, 6.07) is 13.6. The molecule has 0 aliphatic carbocycles. The fourth-order valence-corrected chi connectivity index (χ4v) is 3.71. The third-order valence-corrected chi connectivity index (χ3v) is 5.08. The molecular weight excluding hydrogens is 362 g/mol. The second kappa shape index (κ2) is 7.24. The van der Waals surface area contributed by atoms with Gasteiger partial charge < -0.3 is 15.5 Å². The van der Waals surface area contributed by atoms with E-state index in [1.165, 1.54) is 0 Å². The lowest BCUT2D eigenvalue weighted by Crippen LogP contribution is -2.37. The van der Waals surface area contributed by atoms with E-state index in [1.54, 1.807) is 6.20 Å².